The van der Waals surface area contributed by atoms with E-state index in [9.17, 15) is 14.3 Å². The molecule has 0 radical (unpaired) electrons. The molecule has 0 amide bonds. The highest BCUT2D eigenvalue weighted by molar-refractivity contribution is 7.47. The van der Waals surface area contributed by atoms with Crippen LogP contribution in [-0.4, -0.2) is 51.1 Å². The molecule has 0 aromatic heterocycles. The minimum absolute atomic E-state index is 0.0147. The molecule has 0 saturated carbocycles. The Hall–Kier alpha value is -1.24. The molecule has 0 aliphatic heterocycles. The number of nitrogens with one attached hydrogen (secondary N) is 1. The number of benzene rings is 1. The molecule has 7 nitrogen and oxygen atoms in total. The van der Waals surface area contributed by atoms with Crippen LogP contribution in [0, 0.1) is 5.92 Å². The summed E-state index contributed by atoms with van der Waals surface area (Å²) in [4.78, 5) is 22.7. The Balaban J connectivity index is 2.32. The first kappa shape index (κ1) is 32.8. The summed E-state index contributed by atoms with van der Waals surface area (Å²) in [7, 11) is -0.266. The van der Waals surface area contributed by atoms with Gasteiger partial charge >= 0.3 is 7.82 Å². The second kappa shape index (κ2) is 19.8. The van der Waals surface area contributed by atoms with E-state index in [0.717, 1.165) is 29.2 Å². The zero-order valence-corrected chi connectivity index (χ0v) is 24.0. The first-order valence-corrected chi connectivity index (χ1v) is 15.3. The number of ether oxygens (including phenoxy) is 1. The summed E-state index contributed by atoms with van der Waals surface area (Å²) in [6.07, 6.45) is 13.9. The summed E-state index contributed by atoms with van der Waals surface area (Å²) in [6.45, 7) is 5.21. The second-order valence-electron chi connectivity index (χ2n) is 10.2. The fourth-order valence-corrected chi connectivity index (χ4v) is 4.83. The molecule has 0 saturated heterocycles. The third-order valence-corrected chi connectivity index (χ3v) is 7.10. The molecule has 0 aliphatic rings. The van der Waals surface area contributed by atoms with Crippen LogP contribution in [0.3, 0.4) is 0 Å². The van der Waals surface area contributed by atoms with Crippen molar-refractivity contribution in [3.8, 4) is 5.75 Å². The van der Waals surface area contributed by atoms with Gasteiger partial charge in [-0.2, -0.15) is 0 Å². The number of phosphoric ester groups is 1. The van der Waals surface area contributed by atoms with Crippen LogP contribution >= 0.6 is 7.82 Å². The van der Waals surface area contributed by atoms with Crippen molar-refractivity contribution in [2.24, 2.45) is 5.92 Å². The molecule has 36 heavy (non-hydrogen) atoms. The summed E-state index contributed by atoms with van der Waals surface area (Å²) in [5.41, 5.74) is 1.03. The van der Waals surface area contributed by atoms with Crippen LogP contribution < -0.4 is 9.64 Å². The number of carbonyl (C=O) groups excluding carboxylic acids is 1. The van der Waals surface area contributed by atoms with Gasteiger partial charge in [-0.3, -0.25) is 9.05 Å². The molecular weight excluding hydrogens is 477 g/mol. The number of carbonyl (C=O) groups is 1. The largest absolute Gasteiger partial charge is 0.494 e. The van der Waals surface area contributed by atoms with Crippen molar-refractivity contribution in [2.45, 2.75) is 90.9 Å². The Bertz CT molecular complexity index is 740. The Kier molecular flexibility index (Phi) is 18.0. The minimum Gasteiger partial charge on any atom is -0.494 e. The number of ketones is 1. The Labute approximate surface area is 219 Å². The lowest BCUT2D eigenvalue weighted by Gasteiger charge is -2.19. The summed E-state index contributed by atoms with van der Waals surface area (Å²) in [5.74, 6) is 0.653. The molecule has 1 rings (SSSR count). The van der Waals surface area contributed by atoms with E-state index in [1.54, 1.807) is 0 Å². The lowest BCUT2D eigenvalue weighted by molar-refractivity contribution is -0.858. The molecule has 0 fully saturated rings. The Morgan fingerprint density at radius 3 is 2.06 bits per heavy atom. The van der Waals surface area contributed by atoms with Crippen molar-refractivity contribution in [3.63, 3.8) is 0 Å². The first-order valence-electron chi connectivity index (χ1n) is 13.8. The number of Topliss-reactive ketones (excluding diaryl/α,β-unsaturated/α-hetero) is 1. The van der Waals surface area contributed by atoms with Crippen LogP contribution in [-0.2, 0) is 24.8 Å². The van der Waals surface area contributed by atoms with Gasteiger partial charge in [0.05, 0.1) is 27.3 Å². The number of rotatable bonds is 23. The third-order valence-electron chi connectivity index (χ3n) is 6.12. The minimum atomic E-state index is -4.13. The Morgan fingerprint density at radius 1 is 0.917 bits per heavy atom. The number of hydrogen-bond acceptors (Lipinski definition) is 5. The second-order valence-corrected chi connectivity index (χ2v) is 11.7. The highest BCUT2D eigenvalue weighted by Crippen LogP contribution is 2.43. The van der Waals surface area contributed by atoms with Crippen LogP contribution in [0.15, 0.2) is 24.3 Å². The SMILES string of the molecule is CCCCCCCCCCCCOc1ccc(CC(COP(=O)(O)OCC[NH+](C)C)CC(C)=O)cc1. The lowest BCUT2D eigenvalue weighted by Crippen LogP contribution is -3.06. The number of quaternary nitrogens is 1. The quantitative estimate of drug-likeness (QED) is 0.146. The smallest absolute Gasteiger partial charge is 0.472 e. The first-order chi connectivity index (χ1) is 17.2. The van der Waals surface area contributed by atoms with Gasteiger partial charge in [-0.25, -0.2) is 4.57 Å². The van der Waals surface area contributed by atoms with Gasteiger partial charge in [0.25, 0.3) is 0 Å². The van der Waals surface area contributed by atoms with Crippen molar-refractivity contribution in [3.05, 3.63) is 29.8 Å². The van der Waals surface area contributed by atoms with Gasteiger partial charge in [0.1, 0.15) is 24.7 Å². The number of hydrogen-bond donors (Lipinski definition) is 2. The maximum absolute atomic E-state index is 12.1. The molecule has 2 atom stereocenters. The zero-order chi connectivity index (χ0) is 26.7. The summed E-state index contributed by atoms with van der Waals surface area (Å²) < 4.78 is 28.2. The third kappa shape index (κ3) is 18.1. The van der Waals surface area contributed by atoms with E-state index >= 15 is 0 Å². The lowest BCUT2D eigenvalue weighted by atomic mass is 9.95. The molecule has 2 unspecified atom stereocenters. The van der Waals surface area contributed by atoms with Crippen molar-refractivity contribution in [1.29, 1.82) is 0 Å². The molecule has 1 aromatic rings. The zero-order valence-electron chi connectivity index (χ0n) is 23.1. The maximum atomic E-state index is 12.1. The van der Waals surface area contributed by atoms with Crippen molar-refractivity contribution >= 4 is 13.6 Å². The van der Waals surface area contributed by atoms with E-state index in [2.05, 4.69) is 6.92 Å². The molecule has 0 aliphatic carbocycles. The van der Waals surface area contributed by atoms with Gasteiger partial charge in [-0.1, -0.05) is 76.8 Å². The standard InChI is InChI=1S/C28H50NO6P/c1-5-6-7-8-9-10-11-12-13-14-20-33-28-17-15-26(16-18-28)23-27(22-25(2)30)24-35-36(31,32)34-21-19-29(3)4/h15-18,27H,5-14,19-24H2,1-4H3,(H,31,32)/p+1. The average molecular weight is 529 g/mol. The molecule has 8 heteroatoms. The van der Waals surface area contributed by atoms with E-state index in [1.807, 2.05) is 38.4 Å². The molecule has 0 heterocycles. The number of likely N-dealkylation sites (N-methyl/N-ethyl adjacent to an activating group) is 1. The van der Waals surface area contributed by atoms with Crippen molar-refractivity contribution < 1.29 is 32.9 Å². The van der Waals surface area contributed by atoms with Gasteiger partial charge in [0.15, 0.2) is 0 Å². The summed E-state index contributed by atoms with van der Waals surface area (Å²) in [5, 5.41) is 0. The highest BCUT2D eigenvalue weighted by atomic mass is 31.2. The van der Waals surface area contributed by atoms with E-state index < -0.39 is 7.82 Å². The van der Waals surface area contributed by atoms with E-state index in [1.165, 1.54) is 64.7 Å². The van der Waals surface area contributed by atoms with E-state index in [0.29, 0.717) is 13.0 Å². The van der Waals surface area contributed by atoms with Crippen molar-refractivity contribution in [1.82, 2.24) is 0 Å². The molecule has 208 valence electrons. The maximum Gasteiger partial charge on any atom is 0.472 e. The van der Waals surface area contributed by atoms with Crippen LogP contribution in [0.2, 0.25) is 0 Å². The fourth-order valence-electron chi connectivity index (χ4n) is 4.03. The predicted octanol–water partition coefficient (Wildman–Crippen LogP) is 5.40. The molecule has 0 bridgehead atoms. The van der Waals surface area contributed by atoms with Gasteiger partial charge in [-0.15, -0.1) is 0 Å². The van der Waals surface area contributed by atoms with Gasteiger partial charge < -0.3 is 19.3 Å². The van der Waals surface area contributed by atoms with Gasteiger partial charge in [-0.05, 0) is 43.4 Å². The average Bonchev–Trinajstić information content (AvgIpc) is 2.81. The van der Waals surface area contributed by atoms with Crippen LogP contribution in [0.25, 0.3) is 0 Å². The van der Waals surface area contributed by atoms with Crippen LogP contribution in [0.1, 0.15) is 90.0 Å². The molecule has 1 aromatic carbocycles. The van der Waals surface area contributed by atoms with E-state index in [-0.39, 0.29) is 31.3 Å². The monoisotopic (exact) mass is 528 g/mol. The molecular formula is C28H51NO6P+. The predicted molar refractivity (Wildman–Crippen MR) is 146 cm³/mol. The number of unbranched alkanes of at least 4 members (excludes halogenated alkanes) is 9. The van der Waals surface area contributed by atoms with Gasteiger partial charge in [0.2, 0.25) is 0 Å². The van der Waals surface area contributed by atoms with Crippen molar-refractivity contribution in [2.75, 3.05) is 40.5 Å². The van der Waals surface area contributed by atoms with Gasteiger partial charge in [0, 0.05) is 6.42 Å². The Morgan fingerprint density at radius 2 is 1.50 bits per heavy atom. The molecule has 0 spiro atoms. The fraction of sp³-hybridized carbons (Fsp3) is 0.750. The number of phosphoric acid groups is 1. The van der Waals surface area contributed by atoms with E-state index in [4.69, 9.17) is 13.8 Å². The topological polar surface area (TPSA) is 86.5 Å². The normalized spacial score (nSPS) is 14.1. The van der Waals surface area contributed by atoms with Crippen LogP contribution in [0.4, 0.5) is 0 Å². The summed E-state index contributed by atoms with van der Waals surface area (Å²) >= 11 is 0. The molecule has 2 N–H and O–H groups in total. The van der Waals surface area contributed by atoms with Crippen LogP contribution in [0.5, 0.6) is 5.75 Å². The highest BCUT2D eigenvalue weighted by Gasteiger charge is 2.24. The summed E-state index contributed by atoms with van der Waals surface area (Å²) in [6, 6.07) is 7.85.